The molecule has 0 radical (unpaired) electrons. The normalized spacial score (nSPS) is 13.0. The van der Waals surface area contributed by atoms with Crippen molar-refractivity contribution in [1.29, 1.82) is 0 Å². The molecule has 0 aliphatic rings. The number of ether oxygens (including phenoxy) is 3. The van der Waals surface area contributed by atoms with Gasteiger partial charge in [-0.05, 0) is 89.9 Å². The summed E-state index contributed by atoms with van der Waals surface area (Å²) < 4.78 is 16.7. The summed E-state index contributed by atoms with van der Waals surface area (Å²) >= 11 is 0. The second-order valence-electron chi connectivity index (χ2n) is 16.9. The number of allylic oxidation sites excluding steroid dienone is 18. The summed E-state index contributed by atoms with van der Waals surface area (Å²) in [6, 6.07) is 0. The molecule has 0 aromatic rings. The highest BCUT2D eigenvalue weighted by atomic mass is 16.6. The molecule has 0 amide bonds. The van der Waals surface area contributed by atoms with Gasteiger partial charge in [0.15, 0.2) is 6.10 Å². The first-order valence-electron chi connectivity index (χ1n) is 26.0. The number of carbonyl (C=O) groups is 3. The van der Waals surface area contributed by atoms with Crippen molar-refractivity contribution in [3.05, 3.63) is 109 Å². The Kier molecular flexibility index (Phi) is 48.5. The van der Waals surface area contributed by atoms with Gasteiger partial charge in [0.25, 0.3) is 0 Å². The summed E-state index contributed by atoms with van der Waals surface area (Å²) in [5.74, 6) is -0.977. The lowest BCUT2D eigenvalue weighted by molar-refractivity contribution is -0.167. The maximum Gasteiger partial charge on any atom is 0.306 e. The number of carbonyl (C=O) groups excluding carboxylic acids is 3. The van der Waals surface area contributed by atoms with Crippen molar-refractivity contribution >= 4 is 17.9 Å². The van der Waals surface area contributed by atoms with Crippen molar-refractivity contribution in [3.63, 3.8) is 0 Å². The van der Waals surface area contributed by atoms with Crippen LogP contribution in [0.5, 0.6) is 0 Å². The summed E-state index contributed by atoms with van der Waals surface area (Å²) in [6.45, 7) is 6.37. The zero-order valence-electron chi connectivity index (χ0n) is 41.3. The maximum absolute atomic E-state index is 12.8. The molecule has 64 heavy (non-hydrogen) atoms. The lowest BCUT2D eigenvalue weighted by Crippen LogP contribution is -2.30. The molecule has 362 valence electrons. The Labute approximate surface area is 393 Å². The average molecular weight is 887 g/mol. The molecule has 0 fully saturated rings. The van der Waals surface area contributed by atoms with E-state index in [1.807, 2.05) is 36.5 Å². The van der Waals surface area contributed by atoms with E-state index < -0.39 is 6.10 Å². The minimum atomic E-state index is -0.808. The maximum atomic E-state index is 12.8. The van der Waals surface area contributed by atoms with Crippen LogP contribution in [0.3, 0.4) is 0 Å². The van der Waals surface area contributed by atoms with Crippen molar-refractivity contribution in [1.82, 2.24) is 0 Å². The molecule has 1 atom stereocenters. The van der Waals surface area contributed by atoms with Gasteiger partial charge in [-0.15, -0.1) is 0 Å². The van der Waals surface area contributed by atoms with Gasteiger partial charge in [-0.25, -0.2) is 0 Å². The molecule has 0 saturated heterocycles. The van der Waals surface area contributed by atoms with E-state index in [1.54, 1.807) is 0 Å². The molecule has 0 spiro atoms. The number of rotatable bonds is 45. The van der Waals surface area contributed by atoms with E-state index in [-0.39, 0.29) is 31.1 Å². The van der Waals surface area contributed by atoms with E-state index in [9.17, 15) is 14.4 Å². The summed E-state index contributed by atoms with van der Waals surface area (Å²) in [6.07, 6.45) is 69.2. The summed E-state index contributed by atoms with van der Waals surface area (Å²) in [7, 11) is 0. The van der Waals surface area contributed by atoms with Gasteiger partial charge in [-0.3, -0.25) is 14.4 Å². The fourth-order valence-electron chi connectivity index (χ4n) is 6.75. The first-order chi connectivity index (χ1) is 31.5. The van der Waals surface area contributed by atoms with Crippen molar-refractivity contribution < 1.29 is 28.6 Å². The number of hydrogen-bond acceptors (Lipinski definition) is 6. The summed E-state index contributed by atoms with van der Waals surface area (Å²) in [5.41, 5.74) is 0. The smallest absolute Gasteiger partial charge is 0.306 e. The van der Waals surface area contributed by atoms with E-state index in [0.717, 1.165) is 96.3 Å². The third-order valence-electron chi connectivity index (χ3n) is 10.7. The zero-order chi connectivity index (χ0) is 46.5. The van der Waals surface area contributed by atoms with E-state index in [0.29, 0.717) is 19.3 Å². The third-order valence-corrected chi connectivity index (χ3v) is 10.7. The second-order valence-corrected chi connectivity index (χ2v) is 16.9. The van der Waals surface area contributed by atoms with Gasteiger partial charge in [-0.2, -0.15) is 0 Å². The first kappa shape index (κ1) is 60.1. The van der Waals surface area contributed by atoms with Crippen molar-refractivity contribution in [2.45, 2.75) is 226 Å². The molecule has 0 bridgehead atoms. The molecule has 0 aromatic heterocycles. The van der Waals surface area contributed by atoms with Crippen LogP contribution >= 0.6 is 0 Å². The Balaban J connectivity index is 4.51. The minimum Gasteiger partial charge on any atom is -0.462 e. The molecule has 0 heterocycles. The lowest BCUT2D eigenvalue weighted by Gasteiger charge is -2.18. The summed E-state index contributed by atoms with van der Waals surface area (Å²) in [4.78, 5) is 38.0. The van der Waals surface area contributed by atoms with Crippen molar-refractivity contribution in [3.8, 4) is 0 Å². The third kappa shape index (κ3) is 49.1. The largest absolute Gasteiger partial charge is 0.462 e. The molecule has 0 rings (SSSR count). The van der Waals surface area contributed by atoms with Crippen LogP contribution in [0.4, 0.5) is 0 Å². The SMILES string of the molecule is CC/C=C/C=C/C=C/C=C/CCCCCC(=O)OCC(COC(=O)CCCCCCC/C=C/C=C/C=C/C=C/CCCCC)OC(=O)CCCCCCCCC/C=C/CCCCCC. The molecule has 0 N–H and O–H groups in total. The Bertz CT molecular complexity index is 1340. The van der Waals surface area contributed by atoms with Crippen LogP contribution < -0.4 is 0 Å². The Morgan fingerprint density at radius 3 is 1.05 bits per heavy atom. The molecular weight excluding hydrogens is 793 g/mol. The molecule has 0 aromatic carbocycles. The Hall–Kier alpha value is -3.93. The van der Waals surface area contributed by atoms with Crippen LogP contribution in [0, 0.1) is 0 Å². The van der Waals surface area contributed by atoms with E-state index in [4.69, 9.17) is 14.2 Å². The van der Waals surface area contributed by atoms with E-state index in [2.05, 4.69) is 93.7 Å². The van der Waals surface area contributed by atoms with Gasteiger partial charge in [0, 0.05) is 19.3 Å². The highest BCUT2D eigenvalue weighted by Crippen LogP contribution is 2.13. The van der Waals surface area contributed by atoms with E-state index >= 15 is 0 Å². The molecular formula is C58H94O6. The number of hydrogen-bond donors (Lipinski definition) is 0. The number of unbranched alkanes of at least 4 members (excludes halogenated alkanes) is 22. The second kappa shape index (κ2) is 51.7. The molecule has 1 unspecified atom stereocenters. The molecule has 6 heteroatoms. The predicted molar refractivity (Wildman–Crippen MR) is 274 cm³/mol. The van der Waals surface area contributed by atoms with Gasteiger partial charge in [-0.1, -0.05) is 220 Å². The molecule has 0 saturated carbocycles. The predicted octanol–water partition coefficient (Wildman–Crippen LogP) is 17.1. The topological polar surface area (TPSA) is 78.9 Å². The summed E-state index contributed by atoms with van der Waals surface area (Å²) in [5, 5.41) is 0. The lowest BCUT2D eigenvalue weighted by atomic mass is 10.1. The Morgan fingerprint density at radius 2 is 0.625 bits per heavy atom. The van der Waals surface area contributed by atoms with Crippen LogP contribution in [-0.4, -0.2) is 37.2 Å². The molecule has 0 aliphatic carbocycles. The zero-order valence-corrected chi connectivity index (χ0v) is 41.3. The van der Waals surface area contributed by atoms with Gasteiger partial charge >= 0.3 is 17.9 Å². The van der Waals surface area contributed by atoms with Gasteiger partial charge in [0.2, 0.25) is 0 Å². The van der Waals surface area contributed by atoms with E-state index in [1.165, 1.54) is 83.5 Å². The minimum absolute atomic E-state index is 0.107. The van der Waals surface area contributed by atoms with Crippen LogP contribution in [-0.2, 0) is 28.6 Å². The average Bonchev–Trinajstić information content (AvgIpc) is 3.29. The fourth-order valence-corrected chi connectivity index (χ4v) is 6.75. The molecule has 0 aliphatic heterocycles. The number of esters is 3. The van der Waals surface area contributed by atoms with Gasteiger partial charge < -0.3 is 14.2 Å². The Morgan fingerprint density at radius 1 is 0.328 bits per heavy atom. The quantitative estimate of drug-likeness (QED) is 0.0199. The van der Waals surface area contributed by atoms with Crippen molar-refractivity contribution in [2.24, 2.45) is 0 Å². The standard InChI is InChI=1S/C58H94O6/c1-4-7-10-13-16-19-22-25-27-28-29-31-33-36-39-42-45-48-51-57(60)63-54-55(53-62-56(59)50-47-44-41-38-35-32-24-21-18-15-12-9-6-3)64-58(61)52-49-46-43-40-37-34-30-26-23-20-17-14-11-8-5-2/h9,12,15-16,18-25,27-29,31-32,35,55H,4-8,10-11,13-14,17,26,30,33-34,36-54H2,1-3H3/b12-9+,18-15+,19-16+,23-20+,24-21+,25-22+,28-27+,31-29+,35-32+. The fraction of sp³-hybridized carbons (Fsp3) is 0.638. The van der Waals surface area contributed by atoms with Crippen LogP contribution in [0.25, 0.3) is 0 Å². The van der Waals surface area contributed by atoms with Gasteiger partial charge in [0.1, 0.15) is 13.2 Å². The van der Waals surface area contributed by atoms with Crippen LogP contribution in [0.2, 0.25) is 0 Å². The van der Waals surface area contributed by atoms with Gasteiger partial charge in [0.05, 0.1) is 0 Å². The highest BCUT2D eigenvalue weighted by molar-refractivity contribution is 5.71. The monoisotopic (exact) mass is 887 g/mol. The molecule has 6 nitrogen and oxygen atoms in total. The van der Waals surface area contributed by atoms with Crippen LogP contribution in [0.15, 0.2) is 109 Å². The van der Waals surface area contributed by atoms with Crippen molar-refractivity contribution in [2.75, 3.05) is 13.2 Å². The first-order valence-corrected chi connectivity index (χ1v) is 26.0. The highest BCUT2D eigenvalue weighted by Gasteiger charge is 2.19. The van der Waals surface area contributed by atoms with Crippen LogP contribution in [0.1, 0.15) is 220 Å².